The molecular formula is C26H27N3O2. The van der Waals surface area contributed by atoms with Gasteiger partial charge in [0, 0.05) is 12.6 Å². The zero-order chi connectivity index (χ0) is 21.2. The van der Waals surface area contributed by atoms with Crippen LogP contribution >= 0.6 is 0 Å². The van der Waals surface area contributed by atoms with E-state index in [1.807, 2.05) is 41.3 Å². The number of carbonyl (C=O) groups excluding carboxylic acids is 1. The third kappa shape index (κ3) is 4.20. The molecule has 1 amide bonds. The van der Waals surface area contributed by atoms with Gasteiger partial charge in [-0.05, 0) is 41.7 Å². The van der Waals surface area contributed by atoms with Crippen molar-refractivity contribution in [2.24, 2.45) is 0 Å². The lowest BCUT2D eigenvalue weighted by Crippen LogP contribution is -2.61. The van der Waals surface area contributed by atoms with E-state index in [1.165, 1.54) is 5.56 Å². The molecule has 4 unspecified atom stereocenters. The van der Waals surface area contributed by atoms with E-state index >= 15 is 0 Å². The fourth-order valence-corrected chi connectivity index (χ4v) is 4.78. The van der Waals surface area contributed by atoms with Crippen molar-refractivity contribution < 1.29 is 9.90 Å². The standard InChI is InChI=1S/C26H27N3O2/c30-21-13-11-20(12-14-21)24-17-29-25(22(27-24)15-18-7-3-1-4-8-18)28-23(26(29)31)16-19-9-5-2-6-10-19/h1-14,22-25,27-28,30H,15-17H2. The van der Waals surface area contributed by atoms with Crippen LogP contribution < -0.4 is 10.6 Å². The Morgan fingerprint density at radius 2 is 1.42 bits per heavy atom. The van der Waals surface area contributed by atoms with Crippen LogP contribution in [0.15, 0.2) is 84.9 Å². The Labute approximate surface area is 182 Å². The summed E-state index contributed by atoms with van der Waals surface area (Å²) in [6, 6.07) is 27.7. The van der Waals surface area contributed by atoms with Crippen LogP contribution in [-0.2, 0) is 17.6 Å². The molecule has 0 bridgehead atoms. The van der Waals surface area contributed by atoms with Crippen molar-refractivity contribution in [2.75, 3.05) is 6.54 Å². The molecule has 2 saturated heterocycles. The van der Waals surface area contributed by atoms with Crippen molar-refractivity contribution in [1.29, 1.82) is 0 Å². The van der Waals surface area contributed by atoms with Gasteiger partial charge in [-0.3, -0.25) is 10.1 Å². The Balaban J connectivity index is 1.41. The summed E-state index contributed by atoms with van der Waals surface area (Å²) in [5.74, 6) is 0.414. The molecule has 158 valence electrons. The van der Waals surface area contributed by atoms with Crippen LogP contribution in [0, 0.1) is 0 Å². The monoisotopic (exact) mass is 413 g/mol. The number of carbonyl (C=O) groups is 1. The number of amides is 1. The van der Waals surface area contributed by atoms with Crippen LogP contribution in [0.25, 0.3) is 0 Å². The Hall–Kier alpha value is -3.15. The van der Waals surface area contributed by atoms with Crippen LogP contribution in [0.2, 0.25) is 0 Å². The van der Waals surface area contributed by atoms with Gasteiger partial charge >= 0.3 is 0 Å². The highest BCUT2D eigenvalue weighted by molar-refractivity contribution is 5.85. The highest BCUT2D eigenvalue weighted by Crippen LogP contribution is 2.29. The van der Waals surface area contributed by atoms with E-state index in [-0.39, 0.29) is 35.9 Å². The first-order valence-corrected chi connectivity index (χ1v) is 10.9. The number of phenols is 1. The van der Waals surface area contributed by atoms with Gasteiger partial charge in [0.05, 0.1) is 18.2 Å². The summed E-state index contributed by atoms with van der Waals surface area (Å²) in [5.41, 5.74) is 3.48. The predicted molar refractivity (Wildman–Crippen MR) is 120 cm³/mol. The van der Waals surface area contributed by atoms with Gasteiger partial charge in [-0.2, -0.15) is 0 Å². The molecule has 2 fully saturated rings. The lowest BCUT2D eigenvalue weighted by atomic mass is 9.96. The van der Waals surface area contributed by atoms with Crippen LogP contribution in [-0.4, -0.2) is 40.7 Å². The molecule has 0 saturated carbocycles. The lowest BCUT2D eigenvalue weighted by molar-refractivity contribution is -0.131. The van der Waals surface area contributed by atoms with E-state index in [1.54, 1.807) is 12.1 Å². The van der Waals surface area contributed by atoms with E-state index in [9.17, 15) is 9.90 Å². The summed E-state index contributed by atoms with van der Waals surface area (Å²) in [4.78, 5) is 15.4. The van der Waals surface area contributed by atoms with E-state index in [0.29, 0.717) is 13.0 Å². The lowest BCUT2D eigenvalue weighted by Gasteiger charge is -2.42. The van der Waals surface area contributed by atoms with Crippen LogP contribution in [0.1, 0.15) is 22.7 Å². The second kappa shape index (κ2) is 8.53. The molecule has 31 heavy (non-hydrogen) atoms. The van der Waals surface area contributed by atoms with Crippen LogP contribution in [0.3, 0.4) is 0 Å². The number of phenolic OH excluding ortho intramolecular Hbond substituents is 1. The van der Waals surface area contributed by atoms with E-state index in [4.69, 9.17) is 0 Å². The minimum Gasteiger partial charge on any atom is -0.508 e. The van der Waals surface area contributed by atoms with Gasteiger partial charge in [0.15, 0.2) is 0 Å². The molecule has 3 aromatic rings. The van der Waals surface area contributed by atoms with Gasteiger partial charge in [0.25, 0.3) is 0 Å². The summed E-state index contributed by atoms with van der Waals surface area (Å²) in [6.07, 6.45) is 1.47. The molecule has 0 spiro atoms. The second-order valence-electron chi connectivity index (χ2n) is 8.45. The van der Waals surface area contributed by atoms with Gasteiger partial charge in [0.1, 0.15) is 5.75 Å². The SMILES string of the molecule is O=C1C(Cc2ccccc2)NC2C(Cc3ccccc3)NC(c3ccc(O)cc3)CN12. The van der Waals surface area contributed by atoms with Crippen LogP contribution in [0.4, 0.5) is 0 Å². The Morgan fingerprint density at radius 1 is 0.806 bits per heavy atom. The summed E-state index contributed by atoms with van der Waals surface area (Å²) in [5, 5.41) is 17.1. The largest absolute Gasteiger partial charge is 0.508 e. The Kier molecular flexibility index (Phi) is 5.45. The Morgan fingerprint density at radius 3 is 2.06 bits per heavy atom. The van der Waals surface area contributed by atoms with Gasteiger partial charge in [-0.25, -0.2) is 0 Å². The van der Waals surface area contributed by atoms with Gasteiger partial charge in [-0.1, -0.05) is 72.8 Å². The number of aromatic hydroxyl groups is 1. The maximum absolute atomic E-state index is 13.4. The second-order valence-corrected chi connectivity index (χ2v) is 8.45. The number of benzene rings is 3. The molecule has 5 rings (SSSR count). The van der Waals surface area contributed by atoms with Crippen molar-refractivity contribution in [1.82, 2.24) is 15.5 Å². The van der Waals surface area contributed by atoms with Crippen LogP contribution in [0.5, 0.6) is 5.75 Å². The predicted octanol–water partition coefficient (Wildman–Crippen LogP) is 3.02. The van der Waals surface area contributed by atoms with E-state index in [0.717, 1.165) is 17.5 Å². The van der Waals surface area contributed by atoms with Gasteiger partial charge in [0.2, 0.25) is 5.91 Å². The zero-order valence-corrected chi connectivity index (χ0v) is 17.3. The fourth-order valence-electron chi connectivity index (χ4n) is 4.78. The summed E-state index contributed by atoms with van der Waals surface area (Å²) in [7, 11) is 0. The maximum atomic E-state index is 13.4. The topological polar surface area (TPSA) is 64.6 Å². The normalized spacial score (nSPS) is 25.4. The zero-order valence-electron chi connectivity index (χ0n) is 17.3. The number of rotatable bonds is 5. The highest BCUT2D eigenvalue weighted by Gasteiger charge is 2.46. The summed E-state index contributed by atoms with van der Waals surface area (Å²) >= 11 is 0. The molecule has 5 nitrogen and oxygen atoms in total. The molecule has 2 aliphatic heterocycles. The van der Waals surface area contributed by atoms with Gasteiger partial charge < -0.3 is 15.3 Å². The summed E-state index contributed by atoms with van der Waals surface area (Å²) in [6.45, 7) is 0.609. The molecule has 3 N–H and O–H groups in total. The molecule has 5 heteroatoms. The fraction of sp³-hybridized carbons (Fsp3) is 0.269. The Bertz CT molecular complexity index is 1020. The minimum absolute atomic E-state index is 0.0202. The van der Waals surface area contributed by atoms with Gasteiger partial charge in [-0.15, -0.1) is 0 Å². The van der Waals surface area contributed by atoms with Crippen molar-refractivity contribution in [2.45, 2.75) is 37.1 Å². The number of hydrogen-bond donors (Lipinski definition) is 3. The first kappa shape index (κ1) is 19.8. The average Bonchev–Trinajstić information content (AvgIpc) is 3.11. The molecule has 0 aromatic heterocycles. The number of nitrogens with zero attached hydrogens (tertiary/aromatic N) is 1. The molecular weight excluding hydrogens is 386 g/mol. The van der Waals surface area contributed by atoms with E-state index in [2.05, 4.69) is 47.0 Å². The molecule has 3 aromatic carbocycles. The summed E-state index contributed by atoms with van der Waals surface area (Å²) < 4.78 is 0. The number of piperazine rings is 1. The molecule has 4 atom stereocenters. The minimum atomic E-state index is -0.217. The molecule has 2 heterocycles. The first-order chi connectivity index (χ1) is 15.2. The van der Waals surface area contributed by atoms with Crippen molar-refractivity contribution in [3.8, 4) is 5.75 Å². The highest BCUT2D eigenvalue weighted by atomic mass is 16.3. The average molecular weight is 414 g/mol. The van der Waals surface area contributed by atoms with Crippen molar-refractivity contribution in [3.05, 3.63) is 102 Å². The molecule has 2 aliphatic rings. The number of hydrogen-bond acceptors (Lipinski definition) is 4. The first-order valence-electron chi connectivity index (χ1n) is 10.9. The maximum Gasteiger partial charge on any atom is 0.241 e. The number of fused-ring (bicyclic) bond motifs is 1. The number of nitrogens with one attached hydrogen (secondary N) is 2. The quantitative estimate of drug-likeness (QED) is 0.602. The molecule has 0 aliphatic carbocycles. The third-order valence-corrected chi connectivity index (χ3v) is 6.34. The van der Waals surface area contributed by atoms with Crippen molar-refractivity contribution in [3.63, 3.8) is 0 Å². The van der Waals surface area contributed by atoms with Crippen molar-refractivity contribution >= 4 is 5.91 Å². The molecule has 0 radical (unpaired) electrons. The smallest absolute Gasteiger partial charge is 0.241 e. The van der Waals surface area contributed by atoms with E-state index < -0.39 is 0 Å². The third-order valence-electron chi connectivity index (χ3n) is 6.34.